The van der Waals surface area contributed by atoms with Crippen molar-refractivity contribution in [2.24, 2.45) is 0 Å². The molecular weight excluding hydrogens is 310 g/mol. The van der Waals surface area contributed by atoms with Gasteiger partial charge in [0.05, 0.1) is 6.33 Å². The third kappa shape index (κ3) is 4.80. The van der Waals surface area contributed by atoms with Crippen LogP contribution in [-0.2, 0) is 11.3 Å². The first-order valence-corrected chi connectivity index (χ1v) is 8.56. The molecule has 1 heterocycles. The summed E-state index contributed by atoms with van der Waals surface area (Å²) in [4.78, 5) is 16.5. The van der Waals surface area contributed by atoms with E-state index in [1.54, 1.807) is 12.5 Å². The molecule has 0 saturated carbocycles. The lowest BCUT2D eigenvalue weighted by Gasteiger charge is -2.18. The van der Waals surface area contributed by atoms with Crippen molar-refractivity contribution in [2.45, 2.75) is 25.8 Å². The minimum atomic E-state index is 0.0644. The minimum Gasteiger partial charge on any atom is -0.354 e. The van der Waals surface area contributed by atoms with E-state index < -0.39 is 0 Å². The fourth-order valence-corrected chi connectivity index (χ4v) is 2.91. The van der Waals surface area contributed by atoms with Crippen molar-refractivity contribution >= 4 is 5.91 Å². The molecule has 2 aromatic carbocycles. The summed E-state index contributed by atoms with van der Waals surface area (Å²) in [6.07, 6.45) is 5.83. The van der Waals surface area contributed by atoms with E-state index in [2.05, 4.69) is 53.6 Å². The number of carbonyl (C=O) groups excluding carboxylic acids is 1. The second kappa shape index (κ2) is 8.29. The second-order valence-corrected chi connectivity index (χ2v) is 6.23. The molecule has 128 valence electrons. The van der Waals surface area contributed by atoms with Crippen LogP contribution in [0.5, 0.6) is 0 Å². The molecule has 0 aliphatic heterocycles. The third-order valence-electron chi connectivity index (χ3n) is 4.32. The molecule has 1 atom stereocenters. The predicted octanol–water partition coefficient (Wildman–Crippen LogP) is 3.53. The molecule has 0 aliphatic rings. The maximum atomic E-state index is 12.5. The van der Waals surface area contributed by atoms with Crippen molar-refractivity contribution in [1.29, 1.82) is 0 Å². The number of imidazole rings is 1. The van der Waals surface area contributed by atoms with Crippen molar-refractivity contribution in [3.8, 4) is 0 Å². The Morgan fingerprint density at radius 2 is 1.80 bits per heavy atom. The summed E-state index contributed by atoms with van der Waals surface area (Å²) in [6, 6.07) is 18.6. The Balaban J connectivity index is 1.67. The van der Waals surface area contributed by atoms with Gasteiger partial charge in [0, 0.05) is 37.8 Å². The molecule has 0 bridgehead atoms. The molecule has 1 N–H and O–H groups in total. The monoisotopic (exact) mass is 333 g/mol. The summed E-state index contributed by atoms with van der Waals surface area (Å²) < 4.78 is 1.95. The lowest BCUT2D eigenvalue weighted by molar-refractivity contribution is -0.121. The first-order valence-electron chi connectivity index (χ1n) is 8.56. The van der Waals surface area contributed by atoms with Crippen LogP contribution >= 0.6 is 0 Å². The van der Waals surface area contributed by atoms with E-state index in [0.29, 0.717) is 13.0 Å². The van der Waals surface area contributed by atoms with Crippen LogP contribution in [0.25, 0.3) is 0 Å². The van der Waals surface area contributed by atoms with Gasteiger partial charge in [-0.1, -0.05) is 60.2 Å². The predicted molar refractivity (Wildman–Crippen MR) is 99.3 cm³/mol. The van der Waals surface area contributed by atoms with Gasteiger partial charge in [0.1, 0.15) is 0 Å². The van der Waals surface area contributed by atoms with Crippen LogP contribution in [0.4, 0.5) is 0 Å². The summed E-state index contributed by atoms with van der Waals surface area (Å²) in [7, 11) is 0. The number of aryl methyl sites for hydroxylation is 1. The normalized spacial score (nSPS) is 11.9. The summed E-state index contributed by atoms with van der Waals surface area (Å²) in [5, 5.41) is 3.01. The molecule has 1 amide bonds. The topological polar surface area (TPSA) is 46.9 Å². The number of hydrogen-bond donors (Lipinski definition) is 1. The Morgan fingerprint density at radius 3 is 2.48 bits per heavy atom. The SMILES string of the molecule is Cc1ccc([C@@H](CC(=O)NCCn2ccnc2)c2ccccc2)cc1. The number of rotatable bonds is 7. The van der Waals surface area contributed by atoms with Gasteiger partial charge in [-0.3, -0.25) is 4.79 Å². The maximum Gasteiger partial charge on any atom is 0.221 e. The van der Waals surface area contributed by atoms with Crippen molar-refractivity contribution in [2.75, 3.05) is 6.54 Å². The number of amides is 1. The van der Waals surface area contributed by atoms with Crippen molar-refractivity contribution in [3.63, 3.8) is 0 Å². The van der Waals surface area contributed by atoms with E-state index >= 15 is 0 Å². The lowest BCUT2D eigenvalue weighted by atomic mass is 9.88. The number of nitrogens with one attached hydrogen (secondary N) is 1. The number of carbonyl (C=O) groups is 1. The smallest absolute Gasteiger partial charge is 0.221 e. The van der Waals surface area contributed by atoms with E-state index in [1.807, 2.05) is 29.0 Å². The molecule has 3 rings (SSSR count). The van der Waals surface area contributed by atoms with Gasteiger partial charge in [0.2, 0.25) is 5.91 Å². The summed E-state index contributed by atoms with van der Waals surface area (Å²) >= 11 is 0. The summed E-state index contributed by atoms with van der Waals surface area (Å²) in [5.74, 6) is 0.129. The molecule has 25 heavy (non-hydrogen) atoms. The second-order valence-electron chi connectivity index (χ2n) is 6.23. The average Bonchev–Trinajstić information content (AvgIpc) is 3.15. The van der Waals surface area contributed by atoms with Gasteiger partial charge in [-0.05, 0) is 18.1 Å². The highest BCUT2D eigenvalue weighted by atomic mass is 16.1. The Bertz CT molecular complexity index is 780. The molecule has 3 aromatic rings. The van der Waals surface area contributed by atoms with Gasteiger partial charge < -0.3 is 9.88 Å². The standard InChI is InChI=1S/C21H23N3O/c1-17-7-9-19(10-8-17)20(18-5-3-2-4-6-18)15-21(25)23-12-14-24-13-11-22-16-24/h2-11,13,16,20H,12,14-15H2,1H3,(H,23,25)/t20-/m0/s1. The molecule has 4 nitrogen and oxygen atoms in total. The van der Waals surface area contributed by atoms with Crippen LogP contribution in [-0.4, -0.2) is 22.0 Å². The zero-order chi connectivity index (χ0) is 17.5. The van der Waals surface area contributed by atoms with E-state index in [1.165, 1.54) is 11.1 Å². The molecule has 4 heteroatoms. The van der Waals surface area contributed by atoms with E-state index in [9.17, 15) is 4.79 Å². The Labute approximate surface area is 148 Å². The molecule has 0 unspecified atom stereocenters. The first kappa shape index (κ1) is 17.0. The third-order valence-corrected chi connectivity index (χ3v) is 4.32. The molecule has 0 spiro atoms. The fourth-order valence-electron chi connectivity index (χ4n) is 2.91. The van der Waals surface area contributed by atoms with Crippen molar-refractivity contribution in [3.05, 3.63) is 90.0 Å². The average molecular weight is 333 g/mol. The zero-order valence-corrected chi connectivity index (χ0v) is 14.4. The molecule has 0 radical (unpaired) electrons. The fraction of sp³-hybridized carbons (Fsp3) is 0.238. The van der Waals surface area contributed by atoms with Crippen LogP contribution in [0, 0.1) is 6.92 Å². The summed E-state index contributed by atoms with van der Waals surface area (Å²) in [6.45, 7) is 3.40. The Hall–Kier alpha value is -2.88. The van der Waals surface area contributed by atoms with Crippen LogP contribution in [0.1, 0.15) is 29.0 Å². The van der Waals surface area contributed by atoms with Crippen LogP contribution in [0.2, 0.25) is 0 Å². The Morgan fingerprint density at radius 1 is 1.08 bits per heavy atom. The highest BCUT2D eigenvalue weighted by Gasteiger charge is 2.17. The summed E-state index contributed by atoms with van der Waals surface area (Å²) in [5.41, 5.74) is 3.55. The molecule has 1 aromatic heterocycles. The van der Waals surface area contributed by atoms with Gasteiger partial charge in [0.15, 0.2) is 0 Å². The molecule has 0 saturated heterocycles. The zero-order valence-electron chi connectivity index (χ0n) is 14.4. The largest absolute Gasteiger partial charge is 0.354 e. The number of benzene rings is 2. The highest BCUT2D eigenvalue weighted by Crippen LogP contribution is 2.28. The lowest BCUT2D eigenvalue weighted by Crippen LogP contribution is -2.28. The van der Waals surface area contributed by atoms with Crippen LogP contribution < -0.4 is 5.32 Å². The highest BCUT2D eigenvalue weighted by molar-refractivity contribution is 5.77. The molecular formula is C21H23N3O. The molecule has 0 aliphatic carbocycles. The van der Waals surface area contributed by atoms with Gasteiger partial charge in [0.25, 0.3) is 0 Å². The molecule has 0 fully saturated rings. The van der Waals surface area contributed by atoms with Crippen LogP contribution in [0.3, 0.4) is 0 Å². The van der Waals surface area contributed by atoms with Crippen molar-refractivity contribution in [1.82, 2.24) is 14.9 Å². The maximum absolute atomic E-state index is 12.5. The number of aromatic nitrogens is 2. The number of nitrogens with zero attached hydrogens (tertiary/aromatic N) is 2. The Kier molecular flexibility index (Phi) is 5.62. The quantitative estimate of drug-likeness (QED) is 0.719. The minimum absolute atomic E-state index is 0.0644. The number of hydrogen-bond acceptors (Lipinski definition) is 2. The van der Waals surface area contributed by atoms with Gasteiger partial charge in [-0.2, -0.15) is 0 Å². The van der Waals surface area contributed by atoms with E-state index in [-0.39, 0.29) is 11.8 Å². The van der Waals surface area contributed by atoms with Gasteiger partial charge in [-0.15, -0.1) is 0 Å². The van der Waals surface area contributed by atoms with Gasteiger partial charge >= 0.3 is 0 Å². The van der Waals surface area contributed by atoms with Crippen LogP contribution in [0.15, 0.2) is 73.3 Å². The van der Waals surface area contributed by atoms with Gasteiger partial charge in [-0.25, -0.2) is 4.98 Å². The van der Waals surface area contributed by atoms with E-state index in [0.717, 1.165) is 12.1 Å². The van der Waals surface area contributed by atoms with E-state index in [4.69, 9.17) is 0 Å². The van der Waals surface area contributed by atoms with Crippen molar-refractivity contribution < 1.29 is 4.79 Å². The first-order chi connectivity index (χ1) is 12.2.